The summed E-state index contributed by atoms with van der Waals surface area (Å²) in [6.07, 6.45) is 4.62. The molecule has 0 spiro atoms. The molecule has 0 bridgehead atoms. The Morgan fingerprint density at radius 2 is 1.84 bits per heavy atom. The number of nitrogens with two attached hydrogens (primary N) is 1. The van der Waals surface area contributed by atoms with Crippen LogP contribution < -0.4 is 5.73 Å². The molecule has 0 atom stereocenters. The van der Waals surface area contributed by atoms with E-state index in [1.165, 1.54) is 11.1 Å². The minimum Gasteiger partial charge on any atom is -0.346 e. The van der Waals surface area contributed by atoms with Crippen molar-refractivity contribution in [3.63, 3.8) is 0 Å². The Hall–Kier alpha value is -1.35. The molecule has 0 aliphatic heterocycles. The number of aryl methyl sites for hydroxylation is 2. The first-order chi connectivity index (χ1) is 9.13. The van der Waals surface area contributed by atoms with Crippen molar-refractivity contribution in [2.24, 2.45) is 5.73 Å². The van der Waals surface area contributed by atoms with Crippen molar-refractivity contribution in [3.8, 4) is 0 Å². The number of benzene rings is 1. The standard InChI is InChI=1S/C16H26N2O/c1-14-6-8-15(9-7-14)10-11-16(19)18(2)13-5-3-4-12-17/h6-9H,3-5,10-13,17H2,1-2H3. The van der Waals surface area contributed by atoms with Crippen molar-refractivity contribution in [3.05, 3.63) is 35.4 Å². The van der Waals surface area contributed by atoms with Gasteiger partial charge in [0.1, 0.15) is 0 Å². The highest BCUT2D eigenvalue weighted by Gasteiger charge is 2.08. The minimum atomic E-state index is 0.230. The molecule has 0 heterocycles. The van der Waals surface area contributed by atoms with Gasteiger partial charge in [-0.05, 0) is 38.3 Å². The predicted octanol–water partition coefficient (Wildman–Crippen LogP) is 2.52. The fraction of sp³-hybridized carbons (Fsp3) is 0.562. The predicted molar refractivity (Wildman–Crippen MR) is 80.0 cm³/mol. The molecule has 0 saturated heterocycles. The molecule has 106 valence electrons. The van der Waals surface area contributed by atoms with Gasteiger partial charge in [0.2, 0.25) is 5.91 Å². The van der Waals surface area contributed by atoms with E-state index < -0.39 is 0 Å². The summed E-state index contributed by atoms with van der Waals surface area (Å²) in [5.41, 5.74) is 7.94. The van der Waals surface area contributed by atoms with Crippen LogP contribution in [0.2, 0.25) is 0 Å². The van der Waals surface area contributed by atoms with Gasteiger partial charge in [-0.25, -0.2) is 0 Å². The third kappa shape index (κ3) is 6.39. The molecule has 3 nitrogen and oxygen atoms in total. The number of hydrogen-bond donors (Lipinski definition) is 1. The molecule has 1 aromatic rings. The molecule has 3 heteroatoms. The third-order valence-electron chi connectivity index (χ3n) is 3.37. The van der Waals surface area contributed by atoms with Crippen LogP contribution in [-0.2, 0) is 11.2 Å². The second kappa shape index (κ2) is 8.70. The van der Waals surface area contributed by atoms with Crippen LogP contribution in [0.25, 0.3) is 0 Å². The van der Waals surface area contributed by atoms with E-state index in [4.69, 9.17) is 5.73 Å². The molecule has 1 rings (SSSR count). The molecular formula is C16H26N2O. The van der Waals surface area contributed by atoms with Gasteiger partial charge in [0.05, 0.1) is 0 Å². The van der Waals surface area contributed by atoms with Crippen LogP contribution in [0.1, 0.15) is 36.8 Å². The van der Waals surface area contributed by atoms with E-state index in [2.05, 4.69) is 31.2 Å². The van der Waals surface area contributed by atoms with Gasteiger partial charge < -0.3 is 10.6 Å². The van der Waals surface area contributed by atoms with Crippen molar-refractivity contribution in [2.75, 3.05) is 20.1 Å². The second-order valence-electron chi connectivity index (χ2n) is 5.15. The summed E-state index contributed by atoms with van der Waals surface area (Å²) in [4.78, 5) is 13.8. The van der Waals surface area contributed by atoms with E-state index >= 15 is 0 Å². The molecule has 0 aliphatic carbocycles. The Balaban J connectivity index is 2.24. The van der Waals surface area contributed by atoms with E-state index in [1.807, 2.05) is 11.9 Å². The lowest BCUT2D eigenvalue weighted by molar-refractivity contribution is -0.129. The molecule has 19 heavy (non-hydrogen) atoms. The maximum Gasteiger partial charge on any atom is 0.222 e. The Labute approximate surface area is 116 Å². The summed E-state index contributed by atoms with van der Waals surface area (Å²) >= 11 is 0. The van der Waals surface area contributed by atoms with E-state index in [0.717, 1.165) is 38.8 Å². The molecular weight excluding hydrogens is 236 g/mol. The molecule has 0 saturated carbocycles. The zero-order chi connectivity index (χ0) is 14.1. The number of amides is 1. The Morgan fingerprint density at radius 1 is 1.16 bits per heavy atom. The van der Waals surface area contributed by atoms with Gasteiger partial charge in [-0.2, -0.15) is 0 Å². The van der Waals surface area contributed by atoms with Crippen LogP contribution in [0.5, 0.6) is 0 Å². The van der Waals surface area contributed by atoms with Crippen molar-refractivity contribution in [1.82, 2.24) is 4.90 Å². The number of carbonyl (C=O) groups is 1. The summed E-state index contributed by atoms with van der Waals surface area (Å²) in [5, 5.41) is 0. The molecule has 0 radical (unpaired) electrons. The summed E-state index contributed by atoms with van der Waals surface area (Å²) in [6, 6.07) is 8.39. The van der Waals surface area contributed by atoms with Crippen molar-refractivity contribution >= 4 is 5.91 Å². The number of rotatable bonds is 8. The Kier molecular flexibility index (Phi) is 7.19. The van der Waals surface area contributed by atoms with Crippen molar-refractivity contribution in [2.45, 2.75) is 39.0 Å². The first-order valence-electron chi connectivity index (χ1n) is 7.13. The second-order valence-corrected chi connectivity index (χ2v) is 5.15. The first-order valence-corrected chi connectivity index (χ1v) is 7.13. The summed E-state index contributed by atoms with van der Waals surface area (Å²) in [5.74, 6) is 0.230. The highest BCUT2D eigenvalue weighted by Crippen LogP contribution is 2.07. The van der Waals surface area contributed by atoms with Crippen LogP contribution in [-0.4, -0.2) is 30.9 Å². The average Bonchev–Trinajstić information content (AvgIpc) is 2.42. The summed E-state index contributed by atoms with van der Waals surface area (Å²) in [6.45, 7) is 3.65. The van der Waals surface area contributed by atoms with Gasteiger partial charge in [-0.3, -0.25) is 4.79 Å². The summed E-state index contributed by atoms with van der Waals surface area (Å²) < 4.78 is 0. The van der Waals surface area contributed by atoms with Gasteiger partial charge in [-0.1, -0.05) is 36.2 Å². The van der Waals surface area contributed by atoms with Gasteiger partial charge in [0.25, 0.3) is 0 Å². The van der Waals surface area contributed by atoms with Gasteiger partial charge in [0.15, 0.2) is 0 Å². The Bertz CT molecular complexity index is 373. The van der Waals surface area contributed by atoms with E-state index in [1.54, 1.807) is 0 Å². The van der Waals surface area contributed by atoms with Crippen LogP contribution in [0.4, 0.5) is 0 Å². The highest BCUT2D eigenvalue weighted by atomic mass is 16.2. The normalized spacial score (nSPS) is 10.5. The number of nitrogens with zero attached hydrogens (tertiary/aromatic N) is 1. The van der Waals surface area contributed by atoms with Gasteiger partial charge in [0, 0.05) is 20.0 Å². The highest BCUT2D eigenvalue weighted by molar-refractivity contribution is 5.76. The maximum atomic E-state index is 11.9. The van der Waals surface area contributed by atoms with E-state index in [0.29, 0.717) is 6.42 Å². The number of hydrogen-bond acceptors (Lipinski definition) is 2. The monoisotopic (exact) mass is 262 g/mol. The fourth-order valence-corrected chi connectivity index (χ4v) is 1.99. The van der Waals surface area contributed by atoms with E-state index in [-0.39, 0.29) is 5.91 Å². The largest absolute Gasteiger partial charge is 0.346 e. The quantitative estimate of drug-likeness (QED) is 0.732. The third-order valence-corrected chi connectivity index (χ3v) is 3.37. The zero-order valence-electron chi connectivity index (χ0n) is 12.2. The van der Waals surface area contributed by atoms with Gasteiger partial charge >= 0.3 is 0 Å². The van der Waals surface area contributed by atoms with Crippen molar-refractivity contribution in [1.29, 1.82) is 0 Å². The van der Waals surface area contributed by atoms with Crippen LogP contribution in [0.15, 0.2) is 24.3 Å². The maximum absolute atomic E-state index is 11.9. The molecule has 0 aliphatic rings. The van der Waals surface area contributed by atoms with Crippen LogP contribution in [0.3, 0.4) is 0 Å². The fourth-order valence-electron chi connectivity index (χ4n) is 1.99. The average molecular weight is 262 g/mol. The lowest BCUT2D eigenvalue weighted by Gasteiger charge is -2.17. The lowest BCUT2D eigenvalue weighted by atomic mass is 10.1. The molecule has 1 amide bonds. The molecule has 0 aromatic heterocycles. The summed E-state index contributed by atoms with van der Waals surface area (Å²) in [7, 11) is 1.89. The van der Waals surface area contributed by atoms with Crippen LogP contribution in [0, 0.1) is 6.92 Å². The number of unbranched alkanes of at least 4 members (excludes halogenated alkanes) is 2. The molecule has 0 unspecified atom stereocenters. The van der Waals surface area contributed by atoms with Crippen molar-refractivity contribution < 1.29 is 4.79 Å². The zero-order valence-corrected chi connectivity index (χ0v) is 12.2. The lowest BCUT2D eigenvalue weighted by Crippen LogP contribution is -2.28. The molecule has 2 N–H and O–H groups in total. The first kappa shape index (κ1) is 15.7. The number of carbonyl (C=O) groups excluding carboxylic acids is 1. The van der Waals surface area contributed by atoms with Crippen LogP contribution >= 0.6 is 0 Å². The van der Waals surface area contributed by atoms with E-state index in [9.17, 15) is 4.79 Å². The minimum absolute atomic E-state index is 0.230. The van der Waals surface area contributed by atoms with Gasteiger partial charge in [-0.15, -0.1) is 0 Å². The SMILES string of the molecule is Cc1ccc(CCC(=O)N(C)CCCCCN)cc1. The topological polar surface area (TPSA) is 46.3 Å². The molecule has 1 aromatic carbocycles. The molecule has 0 fully saturated rings. The smallest absolute Gasteiger partial charge is 0.222 e. The Morgan fingerprint density at radius 3 is 2.47 bits per heavy atom.